The first-order valence-corrected chi connectivity index (χ1v) is 2.19. The van der Waals surface area contributed by atoms with Crippen LogP contribution in [0.2, 0.25) is 0 Å². The van der Waals surface area contributed by atoms with E-state index in [0.717, 1.165) is 0 Å². The zero-order valence-corrected chi connectivity index (χ0v) is 15.4. The van der Waals surface area contributed by atoms with Crippen LogP contribution in [-0.2, 0) is 4.57 Å². The van der Waals surface area contributed by atoms with Gasteiger partial charge < -0.3 is 19.2 Å². The van der Waals surface area contributed by atoms with Gasteiger partial charge in [-0.15, -0.1) is 0 Å². The standard InChI is InChI=1S/Ce.La.H3O4P.Th/c;;1-5(2,3)4;/h;;(H3,1,2,3,4);/q2*+3;;+4/p-3. The molecule has 0 bridgehead atoms. The van der Waals surface area contributed by atoms with Gasteiger partial charge >= 0.3 is 117 Å². The van der Waals surface area contributed by atoms with Crippen molar-refractivity contribution in [1.82, 2.24) is 0 Å². The molecule has 33 valence electrons. The van der Waals surface area contributed by atoms with E-state index < -0.39 is 7.82 Å². The third-order valence-corrected chi connectivity index (χ3v) is 0. The van der Waals surface area contributed by atoms with E-state index in [0.29, 0.717) is 0 Å². The zero-order chi connectivity index (χ0) is 4.50. The van der Waals surface area contributed by atoms with E-state index in [2.05, 4.69) is 0 Å². The molecule has 0 aromatic rings. The molecule has 0 saturated carbocycles. The Bertz CT molecular complexity index is 62.2. The van der Waals surface area contributed by atoms with Gasteiger partial charge in [-0.25, -0.2) is 0 Å². The van der Waals surface area contributed by atoms with Crippen molar-refractivity contribution in [2.45, 2.75) is 0 Å². The minimum absolute atomic E-state index is 0. The maximum Gasteiger partial charge on any atom is 4.00 e. The van der Waals surface area contributed by atoms with Crippen LogP contribution in [0.15, 0.2) is 0 Å². The van der Waals surface area contributed by atoms with Crippen molar-refractivity contribution in [3.63, 3.8) is 0 Å². The van der Waals surface area contributed by atoms with Gasteiger partial charge in [0, 0.05) is 0 Å². The molecule has 0 aromatic heterocycles. The molecule has 0 aliphatic carbocycles. The van der Waals surface area contributed by atoms with Gasteiger partial charge in [0.2, 0.25) is 0 Å². The van der Waals surface area contributed by atoms with Gasteiger partial charge in [-0.2, -0.15) is 7.82 Å². The van der Waals surface area contributed by atoms with Crippen LogP contribution in [0.4, 0.5) is 0 Å². The molecule has 8 heteroatoms. The summed E-state index contributed by atoms with van der Waals surface area (Å²) in [6, 6.07) is 0. The second kappa shape index (κ2) is 11.0. The molecule has 0 amide bonds. The summed E-state index contributed by atoms with van der Waals surface area (Å²) in [6.45, 7) is 0. The summed E-state index contributed by atoms with van der Waals surface area (Å²) in [7, 11) is -5.39. The van der Waals surface area contributed by atoms with Crippen LogP contribution in [0.3, 0.4) is 0 Å². The van der Waals surface area contributed by atoms with Crippen LogP contribution in [0, 0.1) is 117 Å². The van der Waals surface area contributed by atoms with Crippen LogP contribution in [0.25, 0.3) is 0 Å². The molecular formula is CeLaO4PTh+7. The fraction of sp³-hybridized carbons (Fsp3) is 0. The van der Waals surface area contributed by atoms with Crippen LogP contribution in [0.1, 0.15) is 0 Å². The topological polar surface area (TPSA) is 86.2 Å². The molecule has 0 aliphatic heterocycles. The monoisotopic (exact) mass is 606 g/mol. The Kier molecular flexibility index (Phi) is 31.2. The summed E-state index contributed by atoms with van der Waals surface area (Å²) >= 11 is 0. The Balaban J connectivity index is -0.0000000267. The molecule has 0 saturated heterocycles. The van der Waals surface area contributed by atoms with Crippen molar-refractivity contribution in [3.8, 4) is 0 Å². The molecule has 0 unspecified atom stereocenters. The van der Waals surface area contributed by atoms with E-state index in [1.54, 1.807) is 0 Å². The van der Waals surface area contributed by atoms with Gasteiger partial charge in [0.1, 0.15) is 0 Å². The van der Waals surface area contributed by atoms with E-state index >= 15 is 0 Å². The Hall–Kier alpha value is 4.01. The van der Waals surface area contributed by atoms with E-state index in [4.69, 9.17) is 19.2 Å². The largest absolute Gasteiger partial charge is 4.00 e. The van der Waals surface area contributed by atoms with E-state index in [1.165, 1.54) is 0 Å². The Morgan fingerprint density at radius 1 is 1.12 bits per heavy atom. The molecule has 8 heavy (non-hydrogen) atoms. The second-order valence-corrected chi connectivity index (χ2v) is 1.34. The average molecular weight is 606 g/mol. The summed E-state index contributed by atoms with van der Waals surface area (Å²) < 4.78 is 8.55. The van der Waals surface area contributed by atoms with Gasteiger partial charge in [-0.1, -0.05) is 0 Å². The SMILES string of the molecule is O=P([O-])([O-])[O-].[Ce+3].[La+3].[Th+4]. The average Bonchev–Trinajstić information content (AvgIpc) is 0.722. The molecule has 0 heterocycles. The van der Waals surface area contributed by atoms with Crippen molar-refractivity contribution >= 4 is 7.82 Å². The maximum atomic E-state index is 8.55. The fourth-order valence-electron chi connectivity index (χ4n) is 0. The maximum absolute atomic E-state index is 8.55. The van der Waals surface area contributed by atoms with Crippen molar-refractivity contribution < 1.29 is 137 Å². The van der Waals surface area contributed by atoms with Gasteiger partial charge in [0.05, 0.1) is 0 Å². The first kappa shape index (κ1) is 22.7. The van der Waals surface area contributed by atoms with Crippen molar-refractivity contribution in [2.75, 3.05) is 0 Å². The molecule has 0 aromatic carbocycles. The quantitative estimate of drug-likeness (QED) is 0.279. The van der Waals surface area contributed by atoms with Gasteiger partial charge in [0.25, 0.3) is 0 Å². The summed E-state index contributed by atoms with van der Waals surface area (Å²) in [5, 5.41) is 0. The first-order valence-electron chi connectivity index (χ1n) is 0.730. The van der Waals surface area contributed by atoms with E-state index in [-0.39, 0.29) is 117 Å². The van der Waals surface area contributed by atoms with E-state index in [9.17, 15) is 0 Å². The van der Waals surface area contributed by atoms with Crippen molar-refractivity contribution in [1.29, 1.82) is 0 Å². The predicted octanol–water partition coefficient (Wildman–Crippen LogP) is -2.82. The van der Waals surface area contributed by atoms with Crippen LogP contribution in [0.5, 0.6) is 0 Å². The number of hydrogen-bond donors (Lipinski definition) is 0. The normalized spacial score (nSPS) is 7.38. The van der Waals surface area contributed by atoms with E-state index in [1.807, 2.05) is 0 Å². The first-order chi connectivity index (χ1) is 2.00. The molecule has 4 nitrogen and oxygen atoms in total. The fourth-order valence-corrected chi connectivity index (χ4v) is 0. The molecule has 1 radical (unpaired) electrons. The number of phosphoric acid groups is 1. The zero-order valence-electron chi connectivity index (χ0n) is 3.66. The Morgan fingerprint density at radius 2 is 1.12 bits per heavy atom. The van der Waals surface area contributed by atoms with Crippen LogP contribution >= 0.6 is 7.82 Å². The molecule has 0 rings (SSSR count). The molecule has 0 N–H and O–H groups in total. The minimum atomic E-state index is -5.39. The number of hydrogen-bond acceptors (Lipinski definition) is 4. The Morgan fingerprint density at radius 3 is 1.12 bits per heavy atom. The van der Waals surface area contributed by atoms with Gasteiger partial charge in [-0.3, -0.25) is 0 Å². The summed E-state index contributed by atoms with van der Waals surface area (Å²) in [4.78, 5) is 25.6. The third-order valence-electron chi connectivity index (χ3n) is 0. The van der Waals surface area contributed by atoms with Crippen molar-refractivity contribution in [3.05, 3.63) is 0 Å². The summed E-state index contributed by atoms with van der Waals surface area (Å²) in [5.41, 5.74) is 0. The van der Waals surface area contributed by atoms with Crippen LogP contribution in [-0.4, -0.2) is 0 Å². The third kappa shape index (κ3) is 50.6. The van der Waals surface area contributed by atoms with Gasteiger partial charge in [-0.05, 0) is 0 Å². The second-order valence-electron chi connectivity index (χ2n) is 0.447. The molecule has 0 fully saturated rings. The van der Waals surface area contributed by atoms with Crippen molar-refractivity contribution in [2.24, 2.45) is 0 Å². The molecule has 0 spiro atoms. The van der Waals surface area contributed by atoms with Crippen LogP contribution < -0.4 is 14.7 Å². The summed E-state index contributed by atoms with van der Waals surface area (Å²) in [6.07, 6.45) is 0. The molecular weight excluding hydrogens is 606 g/mol. The molecule has 0 atom stereocenters. The summed E-state index contributed by atoms with van der Waals surface area (Å²) in [5.74, 6) is 0. The minimum Gasteiger partial charge on any atom is -0.822 e. The Labute approximate surface area is 140 Å². The van der Waals surface area contributed by atoms with Gasteiger partial charge in [0.15, 0.2) is 0 Å². The smallest absolute Gasteiger partial charge is 0.822 e. The predicted molar refractivity (Wildman–Crippen MR) is 7.61 cm³/mol. The molecule has 0 aliphatic rings. The number of rotatable bonds is 0.